The Morgan fingerprint density at radius 3 is 3.07 bits per heavy atom. The number of imidazole rings is 1. The summed E-state index contributed by atoms with van der Waals surface area (Å²) in [7, 11) is 0. The van der Waals surface area contributed by atoms with Crippen molar-refractivity contribution < 1.29 is 0 Å². The van der Waals surface area contributed by atoms with Gasteiger partial charge < -0.3 is 4.57 Å². The van der Waals surface area contributed by atoms with Crippen molar-refractivity contribution in [3.63, 3.8) is 0 Å². The summed E-state index contributed by atoms with van der Waals surface area (Å²) in [5, 5.41) is 8.75. The highest BCUT2D eigenvalue weighted by atomic mass is 15.1. The number of fused-ring (bicyclic) bond motifs is 1. The molecule has 0 amide bonds. The van der Waals surface area contributed by atoms with Crippen LogP contribution < -0.4 is 0 Å². The zero-order valence-electron chi connectivity index (χ0n) is 8.81. The number of hydrogen-bond acceptors (Lipinski definition) is 3. The first-order chi connectivity index (χ1) is 7.20. The Balaban J connectivity index is 2.42. The third-order valence-electron chi connectivity index (χ3n) is 2.28. The predicted octanol–water partition coefficient (Wildman–Crippen LogP) is 1.90. The first kappa shape index (κ1) is 9.66. The molecule has 4 heteroatoms. The summed E-state index contributed by atoms with van der Waals surface area (Å²) in [5.41, 5.74) is 2.84. The van der Waals surface area contributed by atoms with Crippen molar-refractivity contribution in [2.24, 2.45) is 5.92 Å². The molecule has 0 aliphatic heterocycles. The van der Waals surface area contributed by atoms with Crippen LogP contribution in [-0.2, 0) is 6.54 Å². The van der Waals surface area contributed by atoms with E-state index < -0.39 is 0 Å². The largest absolute Gasteiger partial charge is 0.314 e. The molecular weight excluding hydrogens is 188 g/mol. The fourth-order valence-electron chi connectivity index (χ4n) is 1.52. The van der Waals surface area contributed by atoms with Crippen LogP contribution in [-0.4, -0.2) is 14.5 Å². The summed E-state index contributed by atoms with van der Waals surface area (Å²) in [6.07, 6.45) is 3.56. The smallest absolute Gasteiger partial charge is 0.159 e. The Labute approximate surface area is 88.2 Å². The second-order valence-corrected chi connectivity index (χ2v) is 3.78. The van der Waals surface area contributed by atoms with Crippen molar-refractivity contribution in [2.45, 2.75) is 20.4 Å². The van der Waals surface area contributed by atoms with Gasteiger partial charge in [-0.05, 0) is 25.5 Å². The average molecular weight is 200 g/mol. The minimum absolute atomic E-state index is 0.0227. The lowest BCUT2D eigenvalue weighted by Gasteiger charge is -2.04. The van der Waals surface area contributed by atoms with Gasteiger partial charge in [0.25, 0.3) is 0 Å². The molecule has 1 unspecified atom stereocenters. The van der Waals surface area contributed by atoms with E-state index >= 15 is 0 Å². The summed E-state index contributed by atoms with van der Waals surface area (Å²) >= 11 is 0. The quantitative estimate of drug-likeness (QED) is 0.744. The molecule has 0 spiro atoms. The minimum Gasteiger partial charge on any atom is -0.314 e. The number of rotatable bonds is 2. The number of aromatic nitrogens is 3. The van der Waals surface area contributed by atoms with Crippen LogP contribution in [0.1, 0.15) is 12.5 Å². The van der Waals surface area contributed by atoms with E-state index in [0.717, 1.165) is 16.7 Å². The van der Waals surface area contributed by atoms with Crippen molar-refractivity contribution in [2.75, 3.05) is 0 Å². The van der Waals surface area contributed by atoms with Gasteiger partial charge >= 0.3 is 0 Å². The van der Waals surface area contributed by atoms with Crippen LogP contribution in [0, 0.1) is 24.2 Å². The molecule has 4 nitrogen and oxygen atoms in total. The van der Waals surface area contributed by atoms with Crippen LogP contribution in [0.2, 0.25) is 0 Å². The summed E-state index contributed by atoms with van der Waals surface area (Å²) in [6.45, 7) is 4.52. The maximum absolute atomic E-state index is 8.75. The van der Waals surface area contributed by atoms with E-state index in [0.29, 0.717) is 6.54 Å². The summed E-state index contributed by atoms with van der Waals surface area (Å²) in [5.74, 6) is -0.0227. The average Bonchev–Trinajstić information content (AvgIpc) is 2.60. The monoisotopic (exact) mass is 200 g/mol. The van der Waals surface area contributed by atoms with Crippen LogP contribution in [0.4, 0.5) is 0 Å². The van der Waals surface area contributed by atoms with Gasteiger partial charge in [0.2, 0.25) is 0 Å². The Hall–Kier alpha value is -1.89. The molecule has 0 saturated carbocycles. The molecule has 0 saturated heterocycles. The van der Waals surface area contributed by atoms with E-state index in [1.54, 1.807) is 6.33 Å². The second kappa shape index (κ2) is 3.70. The van der Waals surface area contributed by atoms with Crippen molar-refractivity contribution >= 4 is 11.2 Å². The van der Waals surface area contributed by atoms with Crippen LogP contribution in [0.3, 0.4) is 0 Å². The molecule has 2 aromatic rings. The highest BCUT2D eigenvalue weighted by molar-refractivity contribution is 5.71. The number of nitriles is 1. The third-order valence-corrected chi connectivity index (χ3v) is 2.28. The molecule has 15 heavy (non-hydrogen) atoms. The number of aryl methyl sites for hydroxylation is 1. The Bertz CT molecular complexity index is 521. The van der Waals surface area contributed by atoms with E-state index in [1.165, 1.54) is 0 Å². The lowest BCUT2D eigenvalue weighted by Crippen LogP contribution is -2.04. The normalized spacial score (nSPS) is 12.6. The van der Waals surface area contributed by atoms with Crippen molar-refractivity contribution in [1.82, 2.24) is 14.5 Å². The molecule has 2 rings (SSSR count). The van der Waals surface area contributed by atoms with Gasteiger partial charge in [0.1, 0.15) is 5.52 Å². The lowest BCUT2D eigenvalue weighted by atomic mass is 10.2. The molecule has 0 bridgehead atoms. The number of hydrogen-bond donors (Lipinski definition) is 0. The highest BCUT2D eigenvalue weighted by Crippen LogP contribution is 2.12. The van der Waals surface area contributed by atoms with E-state index in [-0.39, 0.29) is 5.92 Å². The zero-order valence-corrected chi connectivity index (χ0v) is 8.81. The fraction of sp³-hybridized carbons (Fsp3) is 0.364. The van der Waals surface area contributed by atoms with Gasteiger partial charge in [0, 0.05) is 12.7 Å². The van der Waals surface area contributed by atoms with Gasteiger partial charge in [-0.3, -0.25) is 0 Å². The SMILES string of the molecule is Cc1cnc2c(c1)ncn2CC(C)C#N. The number of pyridine rings is 1. The van der Waals surface area contributed by atoms with E-state index in [2.05, 4.69) is 16.0 Å². The maximum atomic E-state index is 8.75. The second-order valence-electron chi connectivity index (χ2n) is 3.78. The van der Waals surface area contributed by atoms with Crippen LogP contribution >= 0.6 is 0 Å². The van der Waals surface area contributed by atoms with Gasteiger partial charge in [-0.1, -0.05) is 0 Å². The van der Waals surface area contributed by atoms with E-state index in [9.17, 15) is 0 Å². The summed E-state index contributed by atoms with van der Waals surface area (Å²) in [6, 6.07) is 4.20. The zero-order chi connectivity index (χ0) is 10.8. The van der Waals surface area contributed by atoms with Crippen molar-refractivity contribution in [3.05, 3.63) is 24.2 Å². The topological polar surface area (TPSA) is 54.5 Å². The standard InChI is InChI=1S/C11H12N4/c1-8-3-10-11(13-5-8)15(7-14-10)6-9(2)4-12/h3,5,7,9H,6H2,1-2H3. The maximum Gasteiger partial charge on any atom is 0.159 e. The fourth-order valence-corrected chi connectivity index (χ4v) is 1.52. The first-order valence-electron chi connectivity index (χ1n) is 4.88. The summed E-state index contributed by atoms with van der Waals surface area (Å²) < 4.78 is 1.92. The molecule has 1 atom stereocenters. The van der Waals surface area contributed by atoms with E-state index in [1.807, 2.05) is 30.7 Å². The Morgan fingerprint density at radius 1 is 1.53 bits per heavy atom. The van der Waals surface area contributed by atoms with Crippen molar-refractivity contribution in [3.8, 4) is 6.07 Å². The van der Waals surface area contributed by atoms with Crippen LogP contribution in [0.5, 0.6) is 0 Å². The molecule has 76 valence electrons. The van der Waals surface area contributed by atoms with Gasteiger partial charge in [-0.15, -0.1) is 0 Å². The Kier molecular flexibility index (Phi) is 2.38. The van der Waals surface area contributed by atoms with Gasteiger partial charge in [0.05, 0.1) is 18.3 Å². The van der Waals surface area contributed by atoms with E-state index in [4.69, 9.17) is 5.26 Å². The molecule has 0 fully saturated rings. The molecule has 0 aromatic carbocycles. The predicted molar refractivity (Wildman–Crippen MR) is 57.0 cm³/mol. The molecule has 0 N–H and O–H groups in total. The third kappa shape index (κ3) is 1.82. The molecule has 2 aromatic heterocycles. The summed E-state index contributed by atoms with van der Waals surface area (Å²) in [4.78, 5) is 8.58. The van der Waals surface area contributed by atoms with Crippen LogP contribution in [0.25, 0.3) is 11.2 Å². The first-order valence-corrected chi connectivity index (χ1v) is 4.88. The number of nitrogens with zero attached hydrogens (tertiary/aromatic N) is 4. The minimum atomic E-state index is -0.0227. The lowest BCUT2D eigenvalue weighted by molar-refractivity contribution is 0.589. The molecular formula is C11H12N4. The van der Waals surface area contributed by atoms with Gasteiger partial charge in [0.15, 0.2) is 5.65 Å². The van der Waals surface area contributed by atoms with Gasteiger partial charge in [-0.2, -0.15) is 5.26 Å². The molecule has 0 radical (unpaired) electrons. The molecule has 2 heterocycles. The van der Waals surface area contributed by atoms with Crippen molar-refractivity contribution in [1.29, 1.82) is 5.26 Å². The highest BCUT2D eigenvalue weighted by Gasteiger charge is 2.07. The molecule has 0 aliphatic rings. The Morgan fingerprint density at radius 2 is 2.33 bits per heavy atom. The molecule has 0 aliphatic carbocycles. The van der Waals surface area contributed by atoms with Gasteiger partial charge in [-0.25, -0.2) is 9.97 Å². The van der Waals surface area contributed by atoms with Crippen LogP contribution in [0.15, 0.2) is 18.6 Å².